The third-order valence-corrected chi connectivity index (χ3v) is 3.08. The average molecular weight is 229 g/mol. The lowest BCUT2D eigenvalue weighted by Gasteiger charge is -2.11. The number of aromatic nitrogens is 1. The minimum atomic E-state index is 0.825. The normalized spacial score (nSPS) is 15.1. The number of nitrogens with zero attached hydrogens (tertiary/aromatic N) is 2. The van der Waals surface area contributed by atoms with Gasteiger partial charge < -0.3 is 10.3 Å². The number of fused-ring (bicyclic) bond motifs is 1. The predicted octanol–water partition coefficient (Wildman–Crippen LogP) is 2.08. The minimum absolute atomic E-state index is 0.825. The van der Waals surface area contributed by atoms with Crippen LogP contribution in [0.2, 0.25) is 0 Å². The van der Waals surface area contributed by atoms with Crippen molar-refractivity contribution in [3.05, 3.63) is 46.8 Å². The third-order valence-electron chi connectivity index (χ3n) is 3.08. The van der Waals surface area contributed by atoms with Crippen LogP contribution in [0.25, 0.3) is 0 Å². The molecule has 1 aliphatic heterocycles. The Hall–Kier alpha value is -1.81. The van der Waals surface area contributed by atoms with Gasteiger partial charge in [-0.1, -0.05) is 11.2 Å². The first-order chi connectivity index (χ1) is 8.20. The van der Waals surface area contributed by atoms with E-state index in [2.05, 4.69) is 22.2 Å². The summed E-state index contributed by atoms with van der Waals surface area (Å²) in [4.78, 5) is 2.33. The number of hydrogen-bond acceptors (Lipinski definition) is 4. The molecular weight excluding hydrogens is 214 g/mol. The Morgan fingerprint density at radius 1 is 1.29 bits per heavy atom. The Labute approximate surface area is 100 Å². The molecule has 0 unspecified atom stereocenters. The van der Waals surface area contributed by atoms with Crippen molar-refractivity contribution in [1.82, 2.24) is 10.1 Å². The van der Waals surface area contributed by atoms with Gasteiger partial charge in [-0.25, -0.2) is 0 Å². The zero-order chi connectivity index (χ0) is 11.8. The Balaban J connectivity index is 1.74. The van der Waals surface area contributed by atoms with E-state index in [1.807, 2.05) is 19.1 Å². The van der Waals surface area contributed by atoms with Gasteiger partial charge in [0.1, 0.15) is 5.76 Å². The van der Waals surface area contributed by atoms with Gasteiger partial charge in [-0.05, 0) is 30.2 Å². The first-order valence-corrected chi connectivity index (χ1v) is 5.72. The van der Waals surface area contributed by atoms with Gasteiger partial charge in [-0.2, -0.15) is 0 Å². The van der Waals surface area contributed by atoms with Crippen molar-refractivity contribution in [3.63, 3.8) is 0 Å². The van der Waals surface area contributed by atoms with Gasteiger partial charge in [0.05, 0.1) is 5.69 Å². The van der Waals surface area contributed by atoms with Crippen LogP contribution >= 0.6 is 0 Å². The molecule has 1 aromatic carbocycles. The SMILES string of the molecule is Cc1cc(CN2Cc3ccc(N)cc3C2)no1. The van der Waals surface area contributed by atoms with Gasteiger partial charge in [-0.3, -0.25) is 4.90 Å². The van der Waals surface area contributed by atoms with Crippen LogP contribution in [0.15, 0.2) is 28.8 Å². The summed E-state index contributed by atoms with van der Waals surface area (Å²) in [6.07, 6.45) is 0. The average Bonchev–Trinajstić information content (AvgIpc) is 2.84. The number of hydrogen-bond donors (Lipinski definition) is 1. The first kappa shape index (κ1) is 10.4. The molecule has 1 aromatic heterocycles. The van der Waals surface area contributed by atoms with Crippen molar-refractivity contribution >= 4 is 5.69 Å². The van der Waals surface area contributed by atoms with E-state index in [-0.39, 0.29) is 0 Å². The largest absolute Gasteiger partial charge is 0.399 e. The minimum Gasteiger partial charge on any atom is -0.399 e. The Morgan fingerprint density at radius 2 is 2.12 bits per heavy atom. The Kier molecular flexibility index (Phi) is 2.37. The van der Waals surface area contributed by atoms with E-state index in [9.17, 15) is 0 Å². The van der Waals surface area contributed by atoms with Gasteiger partial charge in [0.25, 0.3) is 0 Å². The summed E-state index contributed by atoms with van der Waals surface area (Å²) >= 11 is 0. The highest BCUT2D eigenvalue weighted by Crippen LogP contribution is 2.25. The lowest BCUT2D eigenvalue weighted by atomic mass is 10.1. The van der Waals surface area contributed by atoms with E-state index >= 15 is 0 Å². The van der Waals surface area contributed by atoms with Crippen LogP contribution in [0.3, 0.4) is 0 Å². The molecule has 0 spiro atoms. The zero-order valence-electron chi connectivity index (χ0n) is 9.81. The second kappa shape index (κ2) is 3.89. The second-order valence-electron chi connectivity index (χ2n) is 4.60. The van der Waals surface area contributed by atoms with E-state index < -0.39 is 0 Å². The van der Waals surface area contributed by atoms with Crippen LogP contribution in [-0.4, -0.2) is 10.1 Å². The molecule has 2 N–H and O–H groups in total. The van der Waals surface area contributed by atoms with Crippen molar-refractivity contribution in [3.8, 4) is 0 Å². The molecule has 0 saturated heterocycles. The van der Waals surface area contributed by atoms with E-state index in [1.54, 1.807) is 0 Å². The van der Waals surface area contributed by atoms with Crippen molar-refractivity contribution in [1.29, 1.82) is 0 Å². The van der Waals surface area contributed by atoms with Gasteiger partial charge in [-0.15, -0.1) is 0 Å². The Bertz CT molecular complexity index is 545. The zero-order valence-corrected chi connectivity index (χ0v) is 9.81. The predicted molar refractivity (Wildman–Crippen MR) is 65.0 cm³/mol. The molecular formula is C13H15N3O. The smallest absolute Gasteiger partial charge is 0.133 e. The molecule has 17 heavy (non-hydrogen) atoms. The molecule has 0 fully saturated rings. The monoisotopic (exact) mass is 229 g/mol. The molecule has 0 amide bonds. The van der Waals surface area contributed by atoms with Gasteiger partial charge in [0, 0.05) is 31.4 Å². The van der Waals surface area contributed by atoms with Crippen LogP contribution in [0.4, 0.5) is 5.69 Å². The van der Waals surface area contributed by atoms with Crippen LogP contribution in [0, 0.1) is 6.92 Å². The summed E-state index contributed by atoms with van der Waals surface area (Å²) in [6, 6.07) is 8.11. The topological polar surface area (TPSA) is 55.3 Å². The van der Waals surface area contributed by atoms with Crippen molar-refractivity contribution in [2.24, 2.45) is 0 Å². The number of nitrogen functional groups attached to an aromatic ring is 1. The fourth-order valence-electron chi connectivity index (χ4n) is 2.32. The summed E-state index contributed by atoms with van der Waals surface area (Å²) in [5.74, 6) is 0.862. The quantitative estimate of drug-likeness (QED) is 0.801. The van der Waals surface area contributed by atoms with Crippen LogP contribution in [0.1, 0.15) is 22.6 Å². The van der Waals surface area contributed by atoms with E-state index in [0.717, 1.165) is 36.8 Å². The lowest BCUT2D eigenvalue weighted by molar-refractivity contribution is 0.264. The van der Waals surface area contributed by atoms with Crippen molar-refractivity contribution in [2.75, 3.05) is 5.73 Å². The van der Waals surface area contributed by atoms with E-state index in [4.69, 9.17) is 10.3 Å². The highest BCUT2D eigenvalue weighted by atomic mass is 16.5. The van der Waals surface area contributed by atoms with E-state index in [0.29, 0.717) is 0 Å². The van der Waals surface area contributed by atoms with Gasteiger partial charge in [0.15, 0.2) is 0 Å². The number of anilines is 1. The maximum Gasteiger partial charge on any atom is 0.133 e. The highest BCUT2D eigenvalue weighted by molar-refractivity contribution is 5.46. The van der Waals surface area contributed by atoms with Crippen LogP contribution in [0.5, 0.6) is 0 Å². The van der Waals surface area contributed by atoms with Crippen LogP contribution in [-0.2, 0) is 19.6 Å². The molecule has 1 aliphatic rings. The molecule has 0 radical (unpaired) electrons. The van der Waals surface area contributed by atoms with Crippen molar-refractivity contribution in [2.45, 2.75) is 26.6 Å². The summed E-state index contributed by atoms with van der Waals surface area (Å²) in [6.45, 7) is 4.63. The second-order valence-corrected chi connectivity index (χ2v) is 4.60. The van der Waals surface area contributed by atoms with Gasteiger partial charge >= 0.3 is 0 Å². The molecule has 0 aliphatic carbocycles. The fraction of sp³-hybridized carbons (Fsp3) is 0.308. The molecule has 3 rings (SSSR count). The van der Waals surface area contributed by atoms with Crippen molar-refractivity contribution < 1.29 is 4.52 Å². The molecule has 4 nitrogen and oxygen atoms in total. The number of benzene rings is 1. The number of aryl methyl sites for hydroxylation is 1. The molecule has 0 saturated carbocycles. The summed E-state index contributed by atoms with van der Waals surface area (Å²) in [5, 5.41) is 4.02. The molecule has 0 bridgehead atoms. The molecule has 88 valence electrons. The number of rotatable bonds is 2. The summed E-state index contributed by atoms with van der Waals surface area (Å²) < 4.78 is 5.07. The lowest BCUT2D eigenvalue weighted by Crippen LogP contribution is -2.15. The summed E-state index contributed by atoms with van der Waals surface area (Å²) in [7, 11) is 0. The maximum absolute atomic E-state index is 5.79. The third kappa shape index (κ3) is 2.03. The summed E-state index contributed by atoms with van der Waals surface area (Å²) in [5.41, 5.74) is 10.3. The first-order valence-electron chi connectivity index (χ1n) is 5.72. The fourth-order valence-corrected chi connectivity index (χ4v) is 2.32. The van der Waals surface area contributed by atoms with E-state index in [1.165, 1.54) is 11.1 Å². The molecule has 4 heteroatoms. The van der Waals surface area contributed by atoms with Crippen LogP contribution < -0.4 is 5.73 Å². The van der Waals surface area contributed by atoms with Gasteiger partial charge in [0.2, 0.25) is 0 Å². The maximum atomic E-state index is 5.79. The molecule has 2 aromatic rings. The number of nitrogens with two attached hydrogens (primary N) is 1. The highest BCUT2D eigenvalue weighted by Gasteiger charge is 2.19. The standard InChI is InChI=1S/C13H15N3O/c1-9-4-13(15-17-9)8-16-6-10-2-3-12(14)5-11(10)7-16/h2-5H,6-8,14H2,1H3. The Morgan fingerprint density at radius 3 is 2.88 bits per heavy atom. The molecule has 2 heterocycles. The molecule has 0 atom stereocenters.